The van der Waals surface area contributed by atoms with Gasteiger partial charge < -0.3 is 21.5 Å². The average Bonchev–Trinajstić information content (AvgIpc) is 3.29. The molecule has 0 aliphatic carbocycles. The number of primary amides is 1. The van der Waals surface area contributed by atoms with E-state index in [1.807, 2.05) is 0 Å². The van der Waals surface area contributed by atoms with Crippen LogP contribution < -0.4 is 16.4 Å². The number of benzene rings is 1. The molecule has 0 bridgehead atoms. The number of nitrogens with zero attached hydrogens (tertiary/aromatic N) is 4. The molecule has 1 aromatic carbocycles. The first kappa shape index (κ1) is 26.2. The fourth-order valence-corrected chi connectivity index (χ4v) is 3.83. The quantitative estimate of drug-likeness (QED) is 0.280. The molecule has 0 aliphatic heterocycles. The average molecular weight is 516 g/mol. The first-order valence-corrected chi connectivity index (χ1v) is 11.7. The molecule has 3 heterocycles. The van der Waals surface area contributed by atoms with Crippen molar-refractivity contribution in [2.75, 3.05) is 11.9 Å². The lowest BCUT2D eigenvalue weighted by molar-refractivity contribution is -0.00177. The van der Waals surface area contributed by atoms with Crippen molar-refractivity contribution >= 4 is 28.7 Å². The minimum Gasteiger partial charge on any atom is -0.387 e. The fraction of sp³-hybridized carbons (Fsp3) is 0.222. The summed E-state index contributed by atoms with van der Waals surface area (Å²) in [6.45, 7) is 3.98. The van der Waals surface area contributed by atoms with Gasteiger partial charge in [-0.2, -0.15) is 10.4 Å². The van der Waals surface area contributed by atoms with Crippen LogP contribution in [0.25, 0.3) is 16.9 Å². The highest BCUT2D eigenvalue weighted by Gasteiger charge is 2.27. The predicted molar refractivity (Wildman–Crippen MR) is 140 cm³/mol. The zero-order valence-corrected chi connectivity index (χ0v) is 21.0. The molecule has 3 aromatic heterocycles. The van der Waals surface area contributed by atoms with Gasteiger partial charge in [-0.3, -0.25) is 14.6 Å². The number of hydrogen-bond donors (Lipinski definition) is 4. The molecule has 0 saturated heterocycles. The van der Waals surface area contributed by atoms with E-state index in [9.17, 15) is 19.1 Å². The molecule has 11 heteroatoms. The van der Waals surface area contributed by atoms with Crippen molar-refractivity contribution in [3.8, 4) is 17.5 Å². The molecular formula is C27H26FN7O3. The van der Waals surface area contributed by atoms with E-state index in [1.165, 1.54) is 26.2 Å². The maximum atomic E-state index is 14.3. The third kappa shape index (κ3) is 5.45. The number of pyridine rings is 1. The summed E-state index contributed by atoms with van der Waals surface area (Å²) in [7, 11) is 0. The molecule has 194 valence electrons. The minimum atomic E-state index is -1.68. The Morgan fingerprint density at radius 1 is 1.18 bits per heavy atom. The normalized spacial score (nSPS) is 12.1. The van der Waals surface area contributed by atoms with Gasteiger partial charge in [-0.05, 0) is 68.8 Å². The van der Waals surface area contributed by atoms with Crippen LogP contribution in [0.4, 0.5) is 15.8 Å². The Hall–Kier alpha value is -4.82. The van der Waals surface area contributed by atoms with Crippen molar-refractivity contribution in [1.82, 2.24) is 19.9 Å². The van der Waals surface area contributed by atoms with Gasteiger partial charge in [-0.15, -0.1) is 0 Å². The molecule has 0 saturated carbocycles. The van der Waals surface area contributed by atoms with Crippen LogP contribution in [0.15, 0.2) is 54.9 Å². The van der Waals surface area contributed by atoms with Crippen molar-refractivity contribution in [1.29, 1.82) is 5.26 Å². The number of nitriles is 1. The molecule has 0 fully saturated rings. The number of nitrogens with one attached hydrogen (secondary N) is 2. The lowest BCUT2D eigenvalue weighted by atomic mass is 10.0. The summed E-state index contributed by atoms with van der Waals surface area (Å²) in [6.07, 6.45) is 1.12. The summed E-state index contributed by atoms with van der Waals surface area (Å²) in [6, 6.07) is 13.9. The molecular weight excluding hydrogens is 489 g/mol. The van der Waals surface area contributed by atoms with Crippen LogP contribution in [0.3, 0.4) is 0 Å². The maximum absolute atomic E-state index is 14.3. The van der Waals surface area contributed by atoms with Gasteiger partial charge in [-0.1, -0.05) is 0 Å². The number of amides is 2. The van der Waals surface area contributed by atoms with E-state index in [0.29, 0.717) is 45.0 Å². The summed E-state index contributed by atoms with van der Waals surface area (Å²) in [4.78, 5) is 29.1. The van der Waals surface area contributed by atoms with Crippen LogP contribution in [0, 0.1) is 18.3 Å². The van der Waals surface area contributed by atoms with E-state index < -0.39 is 30.1 Å². The van der Waals surface area contributed by atoms with E-state index >= 15 is 0 Å². The number of fused-ring (bicyclic) bond motifs is 1. The number of aryl methyl sites for hydroxylation is 1. The van der Waals surface area contributed by atoms with Crippen molar-refractivity contribution in [2.24, 2.45) is 5.73 Å². The van der Waals surface area contributed by atoms with Crippen LogP contribution in [-0.4, -0.2) is 49.8 Å². The molecule has 0 aliphatic rings. The van der Waals surface area contributed by atoms with Crippen molar-refractivity contribution in [3.63, 3.8) is 0 Å². The van der Waals surface area contributed by atoms with Gasteiger partial charge >= 0.3 is 0 Å². The van der Waals surface area contributed by atoms with E-state index in [1.54, 1.807) is 53.9 Å². The lowest BCUT2D eigenvalue weighted by Gasteiger charge is -2.22. The third-order valence-electron chi connectivity index (χ3n) is 6.02. The molecule has 0 spiro atoms. The zero-order chi connectivity index (χ0) is 27.6. The van der Waals surface area contributed by atoms with Gasteiger partial charge in [0.05, 0.1) is 52.1 Å². The summed E-state index contributed by atoms with van der Waals surface area (Å²) >= 11 is 0. The zero-order valence-electron chi connectivity index (χ0n) is 21.0. The molecule has 1 unspecified atom stereocenters. The van der Waals surface area contributed by atoms with Crippen molar-refractivity contribution < 1.29 is 19.1 Å². The van der Waals surface area contributed by atoms with Gasteiger partial charge in [0.2, 0.25) is 5.91 Å². The van der Waals surface area contributed by atoms with E-state index in [-0.39, 0.29) is 5.56 Å². The smallest absolute Gasteiger partial charge is 0.255 e. The number of aliphatic hydroxyl groups is 1. The number of nitrogens with two attached hydrogens (primary N) is 1. The number of carbonyl (C=O) groups is 2. The maximum Gasteiger partial charge on any atom is 0.255 e. The van der Waals surface area contributed by atoms with Gasteiger partial charge in [0.25, 0.3) is 5.91 Å². The molecule has 1 atom stereocenters. The Balaban J connectivity index is 1.73. The van der Waals surface area contributed by atoms with E-state index in [0.717, 1.165) is 0 Å². The topological polar surface area (TPSA) is 158 Å². The Morgan fingerprint density at radius 2 is 1.95 bits per heavy atom. The summed E-state index contributed by atoms with van der Waals surface area (Å²) < 4.78 is 15.9. The summed E-state index contributed by atoms with van der Waals surface area (Å²) in [5.74, 6) is -1.15. The second-order valence-corrected chi connectivity index (χ2v) is 9.38. The SMILES string of the molecule is Cc1cc(Nc2cc(-c3ccc4cc(C#N)cnn34)ncc2C(=O)NCC(F)C(C)(C)O)ccc1C(N)=O. The standard InChI is InChI=1S/C27H26FN7O3/c1-15-8-17(4-6-19(15)25(30)36)34-21-10-22(23-7-5-18-9-16(11-29)12-33-35(18)23)31-13-20(21)26(37)32-14-24(28)27(2,3)38/h4-10,12-13,24,38H,14H2,1-3H3,(H2,30,36)(H,31,34)(H,32,37). The number of rotatable bonds is 8. The van der Waals surface area contributed by atoms with Crippen molar-refractivity contribution in [3.05, 3.63) is 77.1 Å². The van der Waals surface area contributed by atoms with Gasteiger partial charge in [0, 0.05) is 17.4 Å². The minimum absolute atomic E-state index is 0.133. The van der Waals surface area contributed by atoms with E-state index in [2.05, 4.69) is 26.8 Å². The van der Waals surface area contributed by atoms with Gasteiger partial charge in [0.15, 0.2) is 0 Å². The highest BCUT2D eigenvalue weighted by atomic mass is 19.1. The van der Waals surface area contributed by atoms with Crippen LogP contribution >= 0.6 is 0 Å². The summed E-state index contributed by atoms with van der Waals surface area (Å²) in [5, 5.41) is 29.0. The van der Waals surface area contributed by atoms with Crippen LogP contribution in [0.5, 0.6) is 0 Å². The Bertz CT molecular complexity index is 1580. The van der Waals surface area contributed by atoms with E-state index in [4.69, 9.17) is 11.0 Å². The molecule has 4 rings (SSSR count). The molecule has 5 N–H and O–H groups in total. The van der Waals surface area contributed by atoms with Gasteiger partial charge in [-0.25, -0.2) is 8.91 Å². The highest BCUT2D eigenvalue weighted by Crippen LogP contribution is 2.28. The summed E-state index contributed by atoms with van der Waals surface area (Å²) in [5.41, 5.74) is 8.07. The number of aromatic nitrogens is 3. The number of carbonyl (C=O) groups excluding carboxylic acids is 2. The fourth-order valence-electron chi connectivity index (χ4n) is 3.83. The van der Waals surface area contributed by atoms with Crippen LogP contribution in [0.2, 0.25) is 0 Å². The Kier molecular flexibility index (Phi) is 7.10. The number of alkyl halides is 1. The second kappa shape index (κ2) is 10.3. The van der Waals surface area contributed by atoms with Gasteiger partial charge in [0.1, 0.15) is 12.2 Å². The molecule has 2 amide bonds. The lowest BCUT2D eigenvalue weighted by Crippen LogP contribution is -2.42. The first-order valence-electron chi connectivity index (χ1n) is 11.7. The number of halogens is 1. The second-order valence-electron chi connectivity index (χ2n) is 9.38. The number of anilines is 2. The Labute approximate surface area is 217 Å². The number of hydrogen-bond acceptors (Lipinski definition) is 7. The van der Waals surface area contributed by atoms with Crippen molar-refractivity contribution in [2.45, 2.75) is 32.5 Å². The van der Waals surface area contributed by atoms with Crippen LogP contribution in [-0.2, 0) is 0 Å². The molecule has 0 radical (unpaired) electrons. The largest absolute Gasteiger partial charge is 0.387 e. The predicted octanol–water partition coefficient (Wildman–Crippen LogP) is 3.26. The molecule has 38 heavy (non-hydrogen) atoms. The third-order valence-corrected chi connectivity index (χ3v) is 6.02. The highest BCUT2D eigenvalue weighted by molar-refractivity contribution is 6.01. The molecule has 10 nitrogen and oxygen atoms in total. The van der Waals surface area contributed by atoms with Crippen LogP contribution in [0.1, 0.15) is 45.7 Å². The molecule has 4 aromatic rings. The first-order chi connectivity index (χ1) is 18.0. The Morgan fingerprint density at radius 3 is 2.61 bits per heavy atom. The monoisotopic (exact) mass is 515 g/mol.